The number of aliphatic carboxylic acids is 1. The van der Waals surface area contributed by atoms with Gasteiger partial charge in [-0.1, -0.05) is 0 Å². The quantitative estimate of drug-likeness (QED) is 0.692. The Hall–Kier alpha value is -1.40. The zero-order valence-electron chi connectivity index (χ0n) is 7.61. The minimum absolute atomic E-state index is 0.0328. The molecule has 0 aromatic rings. The number of fused-ring (bicyclic) bond motifs is 2. The number of alkyl halides is 2. The lowest BCUT2D eigenvalue weighted by Crippen LogP contribution is -2.50. The van der Waals surface area contributed by atoms with Gasteiger partial charge < -0.3 is 10.2 Å². The van der Waals surface area contributed by atoms with Crippen LogP contribution in [0.3, 0.4) is 0 Å². The molecule has 0 aromatic carbocycles. The van der Waals surface area contributed by atoms with E-state index in [-0.39, 0.29) is 12.8 Å². The maximum Gasteiger partial charge on any atom is 0.408 e. The molecule has 2 saturated heterocycles. The molecule has 0 saturated carbocycles. The van der Waals surface area contributed by atoms with E-state index in [1.165, 1.54) is 0 Å². The summed E-state index contributed by atoms with van der Waals surface area (Å²) in [5.41, 5.74) is -1.92. The Morgan fingerprint density at radius 1 is 1.33 bits per heavy atom. The average Bonchev–Trinajstić information content (AvgIpc) is 2.53. The van der Waals surface area contributed by atoms with Crippen molar-refractivity contribution in [2.75, 3.05) is 0 Å². The van der Waals surface area contributed by atoms with Crippen LogP contribution in [0, 0.1) is 0 Å². The lowest BCUT2D eigenvalue weighted by molar-refractivity contribution is -0.148. The summed E-state index contributed by atoms with van der Waals surface area (Å²) in [6.45, 7) is 0. The van der Waals surface area contributed by atoms with Crippen molar-refractivity contribution < 1.29 is 28.6 Å². The van der Waals surface area contributed by atoms with Crippen LogP contribution in [0.15, 0.2) is 0 Å². The highest BCUT2D eigenvalue weighted by atomic mass is 19.3. The van der Waals surface area contributed by atoms with E-state index in [0.717, 1.165) is 0 Å². The van der Waals surface area contributed by atoms with Gasteiger partial charge in [-0.05, 0) is 12.8 Å². The van der Waals surface area contributed by atoms with Crippen molar-refractivity contribution in [3.8, 4) is 0 Å². The monoisotopic (exact) mass is 221 g/mol. The van der Waals surface area contributed by atoms with Crippen molar-refractivity contribution in [1.29, 1.82) is 0 Å². The van der Waals surface area contributed by atoms with Gasteiger partial charge >= 0.3 is 12.1 Å². The molecule has 0 radical (unpaired) electrons. The fourth-order valence-corrected chi connectivity index (χ4v) is 2.61. The molecule has 2 unspecified atom stereocenters. The first-order valence-electron chi connectivity index (χ1n) is 4.45. The van der Waals surface area contributed by atoms with Crippen molar-refractivity contribution in [3.63, 3.8) is 0 Å². The van der Waals surface area contributed by atoms with Gasteiger partial charge in [0.15, 0.2) is 0 Å². The number of rotatable bonds is 1. The summed E-state index contributed by atoms with van der Waals surface area (Å²) >= 11 is 0. The van der Waals surface area contributed by atoms with Crippen LogP contribution >= 0.6 is 0 Å². The first kappa shape index (κ1) is 10.1. The average molecular weight is 221 g/mol. The lowest BCUT2D eigenvalue weighted by atomic mass is 9.86. The normalized spacial score (nSPS) is 36.9. The first-order valence-corrected chi connectivity index (χ1v) is 4.45. The van der Waals surface area contributed by atoms with Gasteiger partial charge in [0.25, 0.3) is 5.92 Å². The zero-order chi connectivity index (χ0) is 11.4. The Morgan fingerprint density at radius 3 is 2.27 bits per heavy atom. The highest BCUT2D eigenvalue weighted by Gasteiger charge is 2.71. The Balaban J connectivity index is 2.47. The number of carboxylic acids is 1. The molecule has 7 heteroatoms. The van der Waals surface area contributed by atoms with E-state index in [0.29, 0.717) is 4.90 Å². The van der Waals surface area contributed by atoms with Gasteiger partial charge in [-0.3, -0.25) is 4.90 Å². The van der Waals surface area contributed by atoms with Crippen LogP contribution in [0.2, 0.25) is 0 Å². The fourth-order valence-electron chi connectivity index (χ4n) is 2.61. The molecule has 1 amide bonds. The number of carbonyl (C=O) groups is 2. The van der Waals surface area contributed by atoms with Gasteiger partial charge in [-0.25, -0.2) is 18.4 Å². The van der Waals surface area contributed by atoms with E-state index in [1.807, 2.05) is 0 Å². The third kappa shape index (κ3) is 1.06. The molecule has 15 heavy (non-hydrogen) atoms. The molecular weight excluding hydrogens is 212 g/mol. The fraction of sp³-hybridized carbons (Fsp3) is 0.750. The summed E-state index contributed by atoms with van der Waals surface area (Å²) in [5.74, 6) is -4.71. The topological polar surface area (TPSA) is 77.8 Å². The minimum atomic E-state index is -3.23. The second-order valence-corrected chi connectivity index (χ2v) is 3.98. The first-order chi connectivity index (χ1) is 6.81. The maximum absolute atomic E-state index is 13.3. The van der Waals surface area contributed by atoms with Gasteiger partial charge in [0.05, 0.1) is 0 Å². The molecule has 2 heterocycles. The molecule has 2 bridgehead atoms. The second-order valence-electron chi connectivity index (χ2n) is 3.98. The van der Waals surface area contributed by atoms with E-state index in [2.05, 4.69) is 0 Å². The van der Waals surface area contributed by atoms with E-state index in [1.54, 1.807) is 0 Å². The van der Waals surface area contributed by atoms with Crippen molar-refractivity contribution in [1.82, 2.24) is 4.90 Å². The third-order valence-corrected chi connectivity index (χ3v) is 3.22. The predicted molar refractivity (Wildman–Crippen MR) is 42.8 cm³/mol. The molecule has 2 aliphatic rings. The van der Waals surface area contributed by atoms with E-state index < -0.39 is 36.0 Å². The molecule has 2 atom stereocenters. The number of carboxylic acid groups (broad SMARTS) is 2. The Bertz CT molecular complexity index is 346. The molecule has 2 aliphatic heterocycles. The lowest BCUT2D eigenvalue weighted by Gasteiger charge is -2.26. The van der Waals surface area contributed by atoms with Crippen molar-refractivity contribution in [3.05, 3.63) is 0 Å². The summed E-state index contributed by atoms with van der Waals surface area (Å²) in [5, 5.41) is 17.7. The molecule has 2 N–H and O–H groups in total. The molecule has 0 aromatic heterocycles. The van der Waals surface area contributed by atoms with Crippen LogP contribution in [0.25, 0.3) is 0 Å². The molecule has 0 spiro atoms. The van der Waals surface area contributed by atoms with Crippen LogP contribution in [-0.2, 0) is 4.79 Å². The number of amides is 1. The number of hydrogen-bond donors (Lipinski definition) is 2. The van der Waals surface area contributed by atoms with E-state index in [9.17, 15) is 18.4 Å². The smallest absolute Gasteiger partial charge is 0.408 e. The van der Waals surface area contributed by atoms with Gasteiger partial charge in [-0.15, -0.1) is 0 Å². The van der Waals surface area contributed by atoms with Crippen LogP contribution in [0.1, 0.15) is 19.3 Å². The van der Waals surface area contributed by atoms with Crippen molar-refractivity contribution in [2.24, 2.45) is 0 Å². The molecule has 2 fully saturated rings. The summed E-state index contributed by atoms with van der Waals surface area (Å²) in [6, 6.07) is -1.48. The third-order valence-electron chi connectivity index (χ3n) is 3.22. The van der Waals surface area contributed by atoms with Crippen LogP contribution in [-0.4, -0.2) is 44.7 Å². The van der Waals surface area contributed by atoms with Gasteiger partial charge in [0.2, 0.25) is 0 Å². The highest BCUT2D eigenvalue weighted by Crippen LogP contribution is 2.54. The minimum Gasteiger partial charge on any atom is -0.479 e. The maximum atomic E-state index is 13.3. The van der Waals surface area contributed by atoms with E-state index in [4.69, 9.17) is 10.2 Å². The van der Waals surface area contributed by atoms with Gasteiger partial charge in [0, 0.05) is 6.42 Å². The molecule has 84 valence electrons. The molecular formula is C8H9F2NO4. The number of nitrogens with zero attached hydrogens (tertiary/aromatic N) is 1. The summed E-state index contributed by atoms with van der Waals surface area (Å²) < 4.78 is 26.6. The van der Waals surface area contributed by atoms with Gasteiger partial charge in [-0.2, -0.15) is 0 Å². The number of hydrogen-bond acceptors (Lipinski definition) is 2. The van der Waals surface area contributed by atoms with Crippen molar-refractivity contribution in [2.45, 2.75) is 36.8 Å². The highest BCUT2D eigenvalue weighted by molar-refractivity contribution is 5.86. The SMILES string of the molecule is O=C(O)N1C2CCC1(C(=O)O)CC2(F)F. The Labute approximate surface area is 83.3 Å². The Kier molecular flexibility index (Phi) is 1.75. The summed E-state index contributed by atoms with van der Waals surface area (Å²) in [7, 11) is 0. The number of halogens is 2. The van der Waals surface area contributed by atoms with Crippen LogP contribution in [0.5, 0.6) is 0 Å². The Morgan fingerprint density at radius 2 is 1.93 bits per heavy atom. The molecule has 5 nitrogen and oxygen atoms in total. The summed E-state index contributed by atoms with van der Waals surface area (Å²) in [6.07, 6.45) is -2.62. The van der Waals surface area contributed by atoms with Crippen LogP contribution < -0.4 is 0 Å². The largest absolute Gasteiger partial charge is 0.479 e. The molecule has 0 aliphatic carbocycles. The zero-order valence-corrected chi connectivity index (χ0v) is 7.61. The van der Waals surface area contributed by atoms with Crippen LogP contribution in [0.4, 0.5) is 13.6 Å². The predicted octanol–water partition coefficient (Wildman–Crippen LogP) is 0.991. The van der Waals surface area contributed by atoms with Gasteiger partial charge in [0.1, 0.15) is 11.6 Å². The standard InChI is InChI=1S/C8H9F2NO4/c9-8(10)3-7(5(12)13)2-1-4(8)11(7)6(14)15/h4H,1-3H2,(H,12,13)(H,14,15). The molecule has 2 rings (SSSR count). The summed E-state index contributed by atoms with van der Waals surface area (Å²) in [4.78, 5) is 22.1. The van der Waals surface area contributed by atoms with E-state index >= 15 is 0 Å². The second kappa shape index (κ2) is 2.59. The van der Waals surface area contributed by atoms with Crippen molar-refractivity contribution >= 4 is 12.1 Å².